The molecule has 0 radical (unpaired) electrons. The third-order valence-electron chi connectivity index (χ3n) is 3.43. The van der Waals surface area contributed by atoms with Crippen LogP contribution in [0.2, 0.25) is 5.02 Å². The Morgan fingerprint density at radius 1 is 1.44 bits per heavy atom. The van der Waals surface area contributed by atoms with E-state index >= 15 is 0 Å². The number of nitrogens with one attached hydrogen (secondary N) is 1. The average molecular weight is 264 g/mol. The SMILES string of the molecule is CC1CCC(C(=O)c2c[nH]c3ccc(Cl)cc23)O1. The number of aromatic amines is 1. The number of ketones is 1. The fourth-order valence-electron chi connectivity index (χ4n) is 2.47. The van der Waals surface area contributed by atoms with E-state index in [0.717, 1.165) is 23.7 Å². The molecule has 1 N–H and O–H groups in total. The Hall–Kier alpha value is -1.32. The number of ether oxygens (including phenoxy) is 1. The summed E-state index contributed by atoms with van der Waals surface area (Å²) in [5, 5.41) is 1.51. The summed E-state index contributed by atoms with van der Waals surface area (Å²) in [5.74, 6) is 0.0490. The van der Waals surface area contributed by atoms with Gasteiger partial charge in [-0.25, -0.2) is 0 Å². The first-order chi connectivity index (χ1) is 8.65. The number of fused-ring (bicyclic) bond motifs is 1. The summed E-state index contributed by atoms with van der Waals surface area (Å²) in [6.45, 7) is 2.00. The van der Waals surface area contributed by atoms with E-state index < -0.39 is 0 Å². The van der Waals surface area contributed by atoms with Gasteiger partial charge in [0, 0.05) is 27.7 Å². The third-order valence-corrected chi connectivity index (χ3v) is 3.67. The molecule has 3 rings (SSSR count). The number of Topliss-reactive ketones (excluding diaryl/α,β-unsaturated/α-hetero) is 1. The maximum Gasteiger partial charge on any atom is 0.193 e. The molecule has 0 saturated carbocycles. The Bertz CT molecular complexity index is 605. The molecule has 1 aliphatic rings. The molecule has 2 atom stereocenters. The molecule has 4 heteroatoms. The minimum atomic E-state index is -0.307. The molecule has 0 bridgehead atoms. The van der Waals surface area contributed by atoms with Crippen LogP contribution in [0.5, 0.6) is 0 Å². The van der Waals surface area contributed by atoms with E-state index in [1.54, 1.807) is 6.20 Å². The van der Waals surface area contributed by atoms with Crippen LogP contribution < -0.4 is 0 Å². The average Bonchev–Trinajstić information content (AvgIpc) is 2.94. The lowest BCUT2D eigenvalue weighted by Crippen LogP contribution is -2.20. The lowest BCUT2D eigenvalue weighted by molar-refractivity contribution is 0.0435. The maximum absolute atomic E-state index is 12.4. The monoisotopic (exact) mass is 263 g/mol. The number of rotatable bonds is 2. The van der Waals surface area contributed by atoms with Crippen molar-refractivity contribution in [2.45, 2.75) is 32.0 Å². The summed E-state index contributed by atoms with van der Waals surface area (Å²) < 4.78 is 5.63. The predicted molar refractivity (Wildman–Crippen MR) is 71.2 cm³/mol. The minimum Gasteiger partial charge on any atom is -0.367 e. The van der Waals surface area contributed by atoms with Crippen molar-refractivity contribution >= 4 is 28.3 Å². The number of hydrogen-bond acceptors (Lipinski definition) is 2. The van der Waals surface area contributed by atoms with Crippen LogP contribution in [0.25, 0.3) is 10.9 Å². The van der Waals surface area contributed by atoms with Crippen molar-refractivity contribution in [2.75, 3.05) is 0 Å². The van der Waals surface area contributed by atoms with Crippen LogP contribution in [-0.2, 0) is 4.74 Å². The van der Waals surface area contributed by atoms with Crippen molar-refractivity contribution in [3.05, 3.63) is 35.0 Å². The number of aromatic nitrogens is 1. The molecular weight excluding hydrogens is 250 g/mol. The highest BCUT2D eigenvalue weighted by Crippen LogP contribution is 2.27. The van der Waals surface area contributed by atoms with E-state index in [0.29, 0.717) is 10.6 Å². The molecule has 18 heavy (non-hydrogen) atoms. The Kier molecular flexibility index (Phi) is 2.88. The first-order valence-electron chi connectivity index (χ1n) is 6.11. The Morgan fingerprint density at radius 3 is 3.00 bits per heavy atom. The molecule has 2 aromatic rings. The fourth-order valence-corrected chi connectivity index (χ4v) is 2.64. The summed E-state index contributed by atoms with van der Waals surface area (Å²) in [6, 6.07) is 5.51. The fraction of sp³-hybridized carbons (Fsp3) is 0.357. The molecule has 1 aliphatic heterocycles. The molecule has 2 heterocycles. The summed E-state index contributed by atoms with van der Waals surface area (Å²) in [5.41, 5.74) is 1.60. The van der Waals surface area contributed by atoms with Gasteiger partial charge in [-0.15, -0.1) is 0 Å². The van der Waals surface area contributed by atoms with E-state index in [2.05, 4.69) is 4.98 Å². The smallest absolute Gasteiger partial charge is 0.193 e. The van der Waals surface area contributed by atoms with Crippen LogP contribution in [0.4, 0.5) is 0 Å². The lowest BCUT2D eigenvalue weighted by Gasteiger charge is -2.09. The number of carbonyl (C=O) groups excluding carboxylic acids is 1. The first-order valence-corrected chi connectivity index (χ1v) is 6.49. The quantitative estimate of drug-likeness (QED) is 0.842. The molecule has 94 valence electrons. The highest BCUT2D eigenvalue weighted by atomic mass is 35.5. The van der Waals surface area contributed by atoms with Gasteiger partial charge in [-0.2, -0.15) is 0 Å². The van der Waals surface area contributed by atoms with Crippen LogP contribution in [0.1, 0.15) is 30.1 Å². The van der Waals surface area contributed by atoms with Crippen LogP contribution in [0.3, 0.4) is 0 Å². The first kappa shape index (κ1) is 11.8. The van der Waals surface area contributed by atoms with Gasteiger partial charge in [0.05, 0.1) is 6.10 Å². The van der Waals surface area contributed by atoms with Gasteiger partial charge in [0.25, 0.3) is 0 Å². The van der Waals surface area contributed by atoms with E-state index in [1.165, 1.54) is 0 Å². The van der Waals surface area contributed by atoms with Gasteiger partial charge in [-0.1, -0.05) is 11.6 Å². The number of H-pyrrole nitrogens is 1. The highest BCUT2D eigenvalue weighted by Gasteiger charge is 2.30. The zero-order valence-electron chi connectivity index (χ0n) is 10.1. The standard InChI is InChI=1S/C14H14ClNO2/c1-8-2-5-13(18-8)14(17)11-7-16-12-4-3-9(15)6-10(11)12/h3-4,6-8,13,16H,2,5H2,1H3. The van der Waals surface area contributed by atoms with Crippen molar-refractivity contribution in [1.82, 2.24) is 4.98 Å². The summed E-state index contributed by atoms with van der Waals surface area (Å²) in [7, 11) is 0. The van der Waals surface area contributed by atoms with Crippen LogP contribution in [0, 0.1) is 0 Å². The number of halogens is 1. The van der Waals surface area contributed by atoms with E-state index in [-0.39, 0.29) is 18.0 Å². The third kappa shape index (κ3) is 1.93. The van der Waals surface area contributed by atoms with Crippen molar-refractivity contribution in [3.8, 4) is 0 Å². The largest absolute Gasteiger partial charge is 0.367 e. The molecule has 2 unspecified atom stereocenters. The Labute approximate surface area is 110 Å². The summed E-state index contributed by atoms with van der Waals surface area (Å²) in [4.78, 5) is 15.5. The van der Waals surface area contributed by atoms with Gasteiger partial charge < -0.3 is 9.72 Å². The van der Waals surface area contributed by atoms with Crippen molar-refractivity contribution in [2.24, 2.45) is 0 Å². The predicted octanol–water partition coefficient (Wildman–Crippen LogP) is 3.57. The summed E-state index contributed by atoms with van der Waals surface area (Å²) >= 11 is 5.98. The normalized spacial score (nSPS) is 23.7. The molecule has 1 aromatic heterocycles. The number of benzene rings is 1. The molecule has 3 nitrogen and oxygen atoms in total. The number of carbonyl (C=O) groups is 1. The highest BCUT2D eigenvalue weighted by molar-refractivity contribution is 6.31. The van der Waals surface area contributed by atoms with Gasteiger partial charge in [-0.05, 0) is 38.0 Å². The van der Waals surface area contributed by atoms with E-state index in [9.17, 15) is 4.79 Å². The second-order valence-corrected chi connectivity index (χ2v) is 5.21. The molecule has 0 aliphatic carbocycles. The second-order valence-electron chi connectivity index (χ2n) is 4.77. The second kappa shape index (κ2) is 4.41. The zero-order chi connectivity index (χ0) is 12.7. The Balaban J connectivity index is 1.99. The van der Waals surface area contributed by atoms with Crippen LogP contribution in [0.15, 0.2) is 24.4 Å². The van der Waals surface area contributed by atoms with Crippen molar-refractivity contribution in [3.63, 3.8) is 0 Å². The minimum absolute atomic E-state index is 0.0490. The zero-order valence-corrected chi connectivity index (χ0v) is 10.8. The van der Waals surface area contributed by atoms with Crippen molar-refractivity contribution in [1.29, 1.82) is 0 Å². The molecule has 0 spiro atoms. The molecule has 0 amide bonds. The maximum atomic E-state index is 12.4. The van der Waals surface area contributed by atoms with Gasteiger partial charge in [0.1, 0.15) is 6.10 Å². The van der Waals surface area contributed by atoms with E-state index in [1.807, 2.05) is 25.1 Å². The van der Waals surface area contributed by atoms with Crippen LogP contribution in [-0.4, -0.2) is 23.0 Å². The summed E-state index contributed by atoms with van der Waals surface area (Å²) in [6.07, 6.45) is 3.35. The Morgan fingerprint density at radius 2 is 2.28 bits per heavy atom. The van der Waals surface area contributed by atoms with Gasteiger partial charge >= 0.3 is 0 Å². The number of hydrogen-bond donors (Lipinski definition) is 1. The molecular formula is C14H14ClNO2. The molecule has 1 aromatic carbocycles. The van der Waals surface area contributed by atoms with Gasteiger partial charge in [0.2, 0.25) is 0 Å². The topological polar surface area (TPSA) is 42.1 Å². The molecule has 1 saturated heterocycles. The van der Waals surface area contributed by atoms with Gasteiger partial charge in [-0.3, -0.25) is 4.79 Å². The van der Waals surface area contributed by atoms with Gasteiger partial charge in [0.15, 0.2) is 5.78 Å². The molecule has 1 fully saturated rings. The lowest BCUT2D eigenvalue weighted by atomic mass is 10.0. The van der Waals surface area contributed by atoms with Crippen molar-refractivity contribution < 1.29 is 9.53 Å². The van der Waals surface area contributed by atoms with Crippen LogP contribution >= 0.6 is 11.6 Å². The van der Waals surface area contributed by atoms with E-state index in [4.69, 9.17) is 16.3 Å².